The zero-order chi connectivity index (χ0) is 32.7. The van der Waals surface area contributed by atoms with Gasteiger partial charge in [0, 0.05) is 6.42 Å². The second-order valence-corrected chi connectivity index (χ2v) is 17.1. The summed E-state index contributed by atoms with van der Waals surface area (Å²) in [5.41, 5.74) is 3.67. The highest BCUT2D eigenvalue weighted by Gasteiger charge is 2.59. The molecular formula is C43H68O3. The van der Waals surface area contributed by atoms with Crippen molar-refractivity contribution in [2.24, 2.45) is 46.3 Å². The largest absolute Gasteiger partial charge is 0.514 e. The van der Waals surface area contributed by atoms with Crippen LogP contribution >= 0.6 is 0 Å². The molecule has 3 heteroatoms. The first kappa shape index (κ1) is 35.5. The molecule has 4 aliphatic rings. The van der Waals surface area contributed by atoms with Gasteiger partial charge in [-0.3, -0.25) is 0 Å². The third kappa shape index (κ3) is 8.26. The van der Waals surface area contributed by atoms with E-state index in [0.29, 0.717) is 11.2 Å². The molecule has 8 atom stereocenters. The molecule has 0 amide bonds. The van der Waals surface area contributed by atoms with Gasteiger partial charge in [0.15, 0.2) is 0 Å². The zero-order valence-electron chi connectivity index (χ0n) is 30.6. The van der Waals surface area contributed by atoms with Gasteiger partial charge in [-0.1, -0.05) is 123 Å². The van der Waals surface area contributed by atoms with E-state index in [0.717, 1.165) is 61.2 Å². The van der Waals surface area contributed by atoms with Gasteiger partial charge in [0.05, 0.1) is 0 Å². The van der Waals surface area contributed by atoms with Crippen LogP contribution in [-0.2, 0) is 11.2 Å². The molecule has 0 aromatic heterocycles. The van der Waals surface area contributed by atoms with Gasteiger partial charge in [-0.25, -0.2) is 4.79 Å². The van der Waals surface area contributed by atoms with E-state index >= 15 is 0 Å². The van der Waals surface area contributed by atoms with Gasteiger partial charge in [0.2, 0.25) is 0 Å². The van der Waals surface area contributed by atoms with Gasteiger partial charge < -0.3 is 9.47 Å². The van der Waals surface area contributed by atoms with Crippen LogP contribution in [0.5, 0.6) is 5.75 Å². The summed E-state index contributed by atoms with van der Waals surface area (Å²) in [4.78, 5) is 12.8. The van der Waals surface area contributed by atoms with Crippen molar-refractivity contribution in [1.29, 1.82) is 0 Å². The highest BCUT2D eigenvalue weighted by Crippen LogP contribution is 2.67. The van der Waals surface area contributed by atoms with Crippen molar-refractivity contribution in [3.8, 4) is 5.75 Å². The van der Waals surface area contributed by atoms with Crippen molar-refractivity contribution in [1.82, 2.24) is 0 Å². The predicted octanol–water partition coefficient (Wildman–Crippen LogP) is 12.9. The minimum absolute atomic E-state index is 0.0728. The fourth-order valence-corrected chi connectivity index (χ4v) is 11.0. The lowest BCUT2D eigenvalue weighted by atomic mass is 9.47. The minimum Gasteiger partial charge on any atom is -0.430 e. The number of allylic oxidation sites excluding steroid dienone is 1. The van der Waals surface area contributed by atoms with Gasteiger partial charge in [0.25, 0.3) is 0 Å². The first-order valence-electron chi connectivity index (χ1n) is 19.8. The average Bonchev–Trinajstić information content (AvgIpc) is 3.38. The van der Waals surface area contributed by atoms with E-state index in [4.69, 9.17) is 9.47 Å². The molecule has 0 spiro atoms. The second-order valence-electron chi connectivity index (χ2n) is 17.1. The molecule has 3 nitrogen and oxygen atoms in total. The molecule has 5 rings (SSSR count). The number of hydrogen-bond donors (Lipinski definition) is 0. The van der Waals surface area contributed by atoms with Crippen molar-refractivity contribution >= 4 is 6.16 Å². The molecule has 0 bridgehead atoms. The van der Waals surface area contributed by atoms with Crippen LogP contribution in [0.25, 0.3) is 0 Å². The van der Waals surface area contributed by atoms with Gasteiger partial charge in [0.1, 0.15) is 11.9 Å². The molecule has 4 aliphatic carbocycles. The van der Waals surface area contributed by atoms with Crippen LogP contribution in [0.1, 0.15) is 163 Å². The Morgan fingerprint density at radius 2 is 1.59 bits per heavy atom. The van der Waals surface area contributed by atoms with Gasteiger partial charge >= 0.3 is 6.16 Å². The first-order chi connectivity index (χ1) is 22.1. The number of benzene rings is 1. The number of ether oxygens (including phenoxy) is 2. The van der Waals surface area contributed by atoms with Crippen LogP contribution in [0.3, 0.4) is 0 Å². The molecule has 0 aliphatic heterocycles. The number of aryl methyl sites for hydroxylation is 1. The van der Waals surface area contributed by atoms with E-state index in [9.17, 15) is 4.79 Å². The number of fused-ring (bicyclic) bond motifs is 5. The molecule has 0 saturated heterocycles. The van der Waals surface area contributed by atoms with Crippen molar-refractivity contribution in [2.75, 3.05) is 0 Å². The lowest BCUT2D eigenvalue weighted by molar-refractivity contribution is -0.0597. The fraction of sp³-hybridized carbons (Fsp3) is 0.791. The van der Waals surface area contributed by atoms with Gasteiger partial charge in [-0.2, -0.15) is 0 Å². The number of carbonyl (C=O) groups excluding carboxylic acids is 1. The number of unbranched alkanes of at least 4 members (excludes halogenated alkanes) is 6. The lowest BCUT2D eigenvalue weighted by Crippen LogP contribution is -2.51. The summed E-state index contributed by atoms with van der Waals surface area (Å²) in [7, 11) is 0. The molecule has 0 heterocycles. The third-order valence-electron chi connectivity index (χ3n) is 13.7. The highest BCUT2D eigenvalue weighted by atomic mass is 16.7. The second kappa shape index (κ2) is 16.1. The third-order valence-corrected chi connectivity index (χ3v) is 13.7. The van der Waals surface area contributed by atoms with E-state index in [1.54, 1.807) is 5.57 Å². The Hall–Kier alpha value is -1.77. The SMILES string of the molecule is CCCCCCCCCc1ccc(OC(=O)O[C@H]2CC[C@@]3(C)C(=CCC4C3CC[C@@]3(C)C4CC[C@@H]3[C@H](C)CCCC(C)C)C2)cc1. The van der Waals surface area contributed by atoms with E-state index in [-0.39, 0.29) is 11.5 Å². The average molecular weight is 633 g/mol. The molecular weight excluding hydrogens is 564 g/mol. The first-order valence-corrected chi connectivity index (χ1v) is 19.8. The maximum atomic E-state index is 12.8. The van der Waals surface area contributed by atoms with Crippen molar-refractivity contribution in [3.05, 3.63) is 41.5 Å². The summed E-state index contributed by atoms with van der Waals surface area (Å²) in [6.45, 7) is 14.8. The Kier molecular flexibility index (Phi) is 12.4. The molecule has 3 fully saturated rings. The monoisotopic (exact) mass is 633 g/mol. The summed E-state index contributed by atoms with van der Waals surface area (Å²) in [6, 6.07) is 8.06. The normalized spacial score (nSPS) is 32.7. The molecule has 0 radical (unpaired) electrons. The maximum absolute atomic E-state index is 12.8. The summed E-state index contributed by atoms with van der Waals surface area (Å²) < 4.78 is 11.6. The Labute approximate surface area is 283 Å². The predicted molar refractivity (Wildman–Crippen MR) is 192 cm³/mol. The van der Waals surface area contributed by atoms with Crippen molar-refractivity contribution in [2.45, 2.75) is 170 Å². The van der Waals surface area contributed by atoms with Crippen LogP contribution in [0.15, 0.2) is 35.9 Å². The molecule has 0 N–H and O–H groups in total. The summed E-state index contributed by atoms with van der Waals surface area (Å²) in [5, 5.41) is 0. The minimum atomic E-state index is -0.546. The molecule has 46 heavy (non-hydrogen) atoms. The van der Waals surface area contributed by atoms with Crippen LogP contribution in [0.4, 0.5) is 4.79 Å². The summed E-state index contributed by atoms with van der Waals surface area (Å²) in [6.07, 6.45) is 26.4. The Morgan fingerprint density at radius 1 is 0.848 bits per heavy atom. The Morgan fingerprint density at radius 3 is 2.33 bits per heavy atom. The van der Waals surface area contributed by atoms with Gasteiger partial charge in [-0.05, 0) is 122 Å². The summed E-state index contributed by atoms with van der Waals surface area (Å²) >= 11 is 0. The smallest absolute Gasteiger partial charge is 0.430 e. The fourth-order valence-electron chi connectivity index (χ4n) is 11.0. The number of rotatable bonds is 15. The van der Waals surface area contributed by atoms with E-state index in [2.05, 4.69) is 59.8 Å². The van der Waals surface area contributed by atoms with E-state index in [1.807, 2.05) is 12.1 Å². The Balaban J connectivity index is 1.09. The quantitative estimate of drug-likeness (QED) is 0.0835. The lowest BCUT2D eigenvalue weighted by Gasteiger charge is -2.58. The number of carbonyl (C=O) groups is 1. The number of hydrogen-bond acceptors (Lipinski definition) is 3. The summed E-state index contributed by atoms with van der Waals surface area (Å²) in [5.74, 6) is 5.67. The van der Waals surface area contributed by atoms with Crippen LogP contribution < -0.4 is 4.74 Å². The Bertz CT molecular complexity index is 1140. The van der Waals surface area contributed by atoms with Crippen molar-refractivity contribution in [3.63, 3.8) is 0 Å². The highest BCUT2D eigenvalue weighted by molar-refractivity contribution is 5.64. The molecule has 1 aromatic carbocycles. The molecule has 1 aromatic rings. The standard InChI is InChI=1S/C43H68O3/c1-7-8-9-10-11-12-13-17-33-18-21-35(22-19-33)45-41(44)46-36-26-28-42(5)34(30-36)20-23-37-39-25-24-38(32(4)16-14-15-31(2)3)43(39,6)29-27-40(37)42/h18-22,31-32,36-40H,7-17,23-30H2,1-6H3/t32-,36+,37?,38-,39?,40?,42+,43-/m1/s1. The zero-order valence-corrected chi connectivity index (χ0v) is 30.6. The van der Waals surface area contributed by atoms with Gasteiger partial charge in [-0.15, -0.1) is 0 Å². The molecule has 258 valence electrons. The van der Waals surface area contributed by atoms with Crippen LogP contribution in [0, 0.1) is 46.3 Å². The topological polar surface area (TPSA) is 35.5 Å². The van der Waals surface area contributed by atoms with E-state index < -0.39 is 6.16 Å². The van der Waals surface area contributed by atoms with Crippen LogP contribution in [-0.4, -0.2) is 12.3 Å². The van der Waals surface area contributed by atoms with Crippen molar-refractivity contribution < 1.29 is 14.3 Å². The maximum Gasteiger partial charge on any atom is 0.514 e. The molecule has 3 saturated carbocycles. The van der Waals surface area contributed by atoms with E-state index in [1.165, 1.54) is 102 Å². The molecule has 3 unspecified atom stereocenters. The van der Waals surface area contributed by atoms with Crippen LogP contribution in [0.2, 0.25) is 0 Å².